The minimum absolute atomic E-state index is 0.589. The number of hydrogen-bond acceptors (Lipinski definition) is 4. The first kappa shape index (κ1) is 12.8. The van der Waals surface area contributed by atoms with Gasteiger partial charge < -0.3 is 10.6 Å². The second-order valence-corrected chi connectivity index (χ2v) is 4.87. The number of benzene rings is 1. The molecule has 0 bridgehead atoms. The number of nitrogens with zero attached hydrogens (tertiary/aromatic N) is 2. The Kier molecular flexibility index (Phi) is 3.81. The van der Waals surface area contributed by atoms with E-state index < -0.39 is 0 Å². The highest BCUT2D eigenvalue weighted by molar-refractivity contribution is 9.10. The molecule has 0 aliphatic carbocycles. The van der Waals surface area contributed by atoms with Gasteiger partial charge >= 0.3 is 0 Å². The first-order chi connectivity index (χ1) is 8.61. The van der Waals surface area contributed by atoms with Gasteiger partial charge in [0.1, 0.15) is 5.82 Å². The Bertz CT molecular complexity index is 569. The second kappa shape index (κ2) is 5.35. The molecule has 2 N–H and O–H groups in total. The maximum atomic E-state index is 4.38. The summed E-state index contributed by atoms with van der Waals surface area (Å²) in [4.78, 5) is 8.51. The van der Waals surface area contributed by atoms with E-state index in [0.717, 1.165) is 16.0 Å². The Morgan fingerprint density at radius 2 is 2.00 bits per heavy atom. The monoisotopic (exact) mass is 306 g/mol. The van der Waals surface area contributed by atoms with E-state index in [2.05, 4.69) is 56.4 Å². The second-order valence-electron chi connectivity index (χ2n) is 4.01. The normalized spacial score (nSPS) is 10.2. The molecule has 18 heavy (non-hydrogen) atoms. The average Bonchev–Trinajstić information content (AvgIpc) is 2.37. The summed E-state index contributed by atoms with van der Waals surface area (Å²) in [6, 6.07) is 6.16. The summed E-state index contributed by atoms with van der Waals surface area (Å²) < 4.78 is 0.836. The van der Waals surface area contributed by atoms with E-state index in [0.29, 0.717) is 5.95 Å². The van der Waals surface area contributed by atoms with Crippen molar-refractivity contribution in [2.24, 2.45) is 0 Å². The molecule has 2 aromatic rings. The van der Waals surface area contributed by atoms with Crippen LogP contribution in [0.4, 0.5) is 17.5 Å². The highest BCUT2D eigenvalue weighted by Gasteiger charge is 2.07. The number of halogens is 1. The van der Waals surface area contributed by atoms with Crippen LogP contribution in [0.15, 0.2) is 28.9 Å². The number of anilines is 3. The zero-order valence-corrected chi connectivity index (χ0v) is 12.2. The van der Waals surface area contributed by atoms with Crippen LogP contribution in [-0.2, 0) is 0 Å². The lowest BCUT2D eigenvalue weighted by molar-refractivity contribution is 1.14. The van der Waals surface area contributed by atoms with E-state index in [-0.39, 0.29) is 0 Å². The van der Waals surface area contributed by atoms with Crippen LogP contribution in [0.1, 0.15) is 11.1 Å². The van der Waals surface area contributed by atoms with Gasteiger partial charge in [-0.1, -0.05) is 12.1 Å². The maximum absolute atomic E-state index is 4.38. The zero-order chi connectivity index (χ0) is 13.1. The molecule has 0 aliphatic heterocycles. The third-order valence-corrected chi connectivity index (χ3v) is 3.41. The summed E-state index contributed by atoms with van der Waals surface area (Å²) in [5.74, 6) is 1.34. The van der Waals surface area contributed by atoms with Crippen LogP contribution in [0.3, 0.4) is 0 Å². The summed E-state index contributed by atoms with van der Waals surface area (Å²) in [7, 11) is 1.80. The van der Waals surface area contributed by atoms with Crippen LogP contribution in [0.5, 0.6) is 0 Å². The predicted molar refractivity (Wildman–Crippen MR) is 78.5 cm³/mol. The molecular formula is C13H15BrN4. The van der Waals surface area contributed by atoms with Gasteiger partial charge in [-0.15, -0.1) is 0 Å². The van der Waals surface area contributed by atoms with Crippen molar-refractivity contribution in [3.05, 3.63) is 40.0 Å². The molecule has 4 nitrogen and oxygen atoms in total. The minimum atomic E-state index is 0.589. The largest absolute Gasteiger partial charge is 0.357 e. The molecule has 1 heterocycles. The molecule has 0 radical (unpaired) electrons. The molecule has 94 valence electrons. The van der Waals surface area contributed by atoms with Crippen LogP contribution in [0, 0.1) is 13.8 Å². The quantitative estimate of drug-likeness (QED) is 0.909. The molecule has 1 aromatic carbocycles. The molecule has 0 saturated carbocycles. The third kappa shape index (κ3) is 2.61. The third-order valence-electron chi connectivity index (χ3n) is 2.83. The van der Waals surface area contributed by atoms with Crippen LogP contribution >= 0.6 is 15.9 Å². The van der Waals surface area contributed by atoms with E-state index in [1.54, 1.807) is 13.2 Å². The maximum Gasteiger partial charge on any atom is 0.224 e. The highest BCUT2D eigenvalue weighted by Crippen LogP contribution is 2.26. The molecular weight excluding hydrogens is 292 g/mol. The molecule has 0 saturated heterocycles. The molecule has 1 aromatic heterocycles. The van der Waals surface area contributed by atoms with E-state index in [9.17, 15) is 0 Å². The van der Waals surface area contributed by atoms with E-state index in [4.69, 9.17) is 0 Å². The van der Waals surface area contributed by atoms with E-state index in [1.165, 1.54) is 11.1 Å². The van der Waals surface area contributed by atoms with Gasteiger partial charge in [0, 0.05) is 18.9 Å². The van der Waals surface area contributed by atoms with Crippen molar-refractivity contribution in [2.45, 2.75) is 13.8 Å². The topological polar surface area (TPSA) is 49.8 Å². The minimum Gasteiger partial charge on any atom is -0.357 e. The van der Waals surface area contributed by atoms with Gasteiger partial charge in [-0.25, -0.2) is 4.98 Å². The van der Waals surface area contributed by atoms with Crippen molar-refractivity contribution >= 4 is 33.4 Å². The van der Waals surface area contributed by atoms with Crippen LogP contribution in [-0.4, -0.2) is 17.0 Å². The fourth-order valence-corrected chi connectivity index (χ4v) is 1.88. The van der Waals surface area contributed by atoms with Crippen molar-refractivity contribution in [3.63, 3.8) is 0 Å². The first-order valence-electron chi connectivity index (χ1n) is 5.65. The van der Waals surface area contributed by atoms with Crippen LogP contribution in [0.2, 0.25) is 0 Å². The summed E-state index contributed by atoms with van der Waals surface area (Å²) in [6.07, 6.45) is 1.73. The molecule has 0 amide bonds. The summed E-state index contributed by atoms with van der Waals surface area (Å²) in [6.45, 7) is 4.18. The number of rotatable bonds is 3. The van der Waals surface area contributed by atoms with Gasteiger partial charge in [-0.2, -0.15) is 4.98 Å². The smallest absolute Gasteiger partial charge is 0.224 e. The van der Waals surface area contributed by atoms with Crippen molar-refractivity contribution in [2.75, 3.05) is 17.7 Å². The van der Waals surface area contributed by atoms with Gasteiger partial charge in [-0.05, 0) is 47.0 Å². The van der Waals surface area contributed by atoms with Gasteiger partial charge in [-0.3, -0.25) is 0 Å². The Morgan fingerprint density at radius 3 is 2.72 bits per heavy atom. The van der Waals surface area contributed by atoms with Gasteiger partial charge in [0.2, 0.25) is 5.95 Å². The standard InChI is InChI=1S/C13H15BrN4/c1-8-5-4-6-11(9(8)2)17-12-10(14)7-16-13(15-3)18-12/h4-7H,1-3H3,(H2,15,16,17,18). The molecule has 5 heteroatoms. The molecule has 2 rings (SSSR count). The lowest BCUT2D eigenvalue weighted by Gasteiger charge is -2.12. The Hall–Kier alpha value is -1.62. The number of hydrogen-bond donors (Lipinski definition) is 2. The van der Waals surface area contributed by atoms with Crippen LogP contribution in [0.25, 0.3) is 0 Å². The predicted octanol–water partition coefficient (Wildman–Crippen LogP) is 3.64. The number of nitrogens with one attached hydrogen (secondary N) is 2. The van der Waals surface area contributed by atoms with Crippen molar-refractivity contribution in [1.29, 1.82) is 0 Å². The van der Waals surface area contributed by atoms with Crippen molar-refractivity contribution < 1.29 is 0 Å². The fraction of sp³-hybridized carbons (Fsp3) is 0.231. The number of aryl methyl sites for hydroxylation is 1. The van der Waals surface area contributed by atoms with E-state index in [1.807, 2.05) is 12.1 Å². The van der Waals surface area contributed by atoms with Crippen molar-refractivity contribution in [1.82, 2.24) is 9.97 Å². The van der Waals surface area contributed by atoms with Gasteiger partial charge in [0.15, 0.2) is 0 Å². The Labute approximate surface area is 115 Å². The zero-order valence-electron chi connectivity index (χ0n) is 10.6. The lowest BCUT2D eigenvalue weighted by Crippen LogP contribution is -2.02. The van der Waals surface area contributed by atoms with Crippen molar-refractivity contribution in [3.8, 4) is 0 Å². The lowest BCUT2D eigenvalue weighted by atomic mass is 10.1. The fourth-order valence-electron chi connectivity index (χ4n) is 1.59. The summed E-state index contributed by atoms with van der Waals surface area (Å²) in [5, 5.41) is 6.24. The Morgan fingerprint density at radius 1 is 1.22 bits per heavy atom. The SMILES string of the molecule is CNc1ncc(Br)c(Nc2cccc(C)c2C)n1. The number of aromatic nitrogens is 2. The summed E-state index contributed by atoms with van der Waals surface area (Å²) >= 11 is 3.44. The molecule has 0 atom stereocenters. The van der Waals surface area contributed by atoms with Crippen LogP contribution < -0.4 is 10.6 Å². The summed E-state index contributed by atoms with van der Waals surface area (Å²) in [5.41, 5.74) is 3.52. The Balaban J connectivity index is 2.36. The highest BCUT2D eigenvalue weighted by atomic mass is 79.9. The molecule has 0 spiro atoms. The average molecular weight is 307 g/mol. The molecule has 0 unspecified atom stereocenters. The molecule has 0 aliphatic rings. The van der Waals surface area contributed by atoms with E-state index >= 15 is 0 Å². The van der Waals surface area contributed by atoms with Gasteiger partial charge in [0.25, 0.3) is 0 Å². The first-order valence-corrected chi connectivity index (χ1v) is 6.44. The van der Waals surface area contributed by atoms with Gasteiger partial charge in [0.05, 0.1) is 4.47 Å². The molecule has 0 fully saturated rings.